The van der Waals surface area contributed by atoms with Crippen LogP contribution >= 0.6 is 11.3 Å². The molecule has 10 heteroatoms. The molecule has 0 aliphatic rings. The van der Waals surface area contributed by atoms with E-state index in [2.05, 4.69) is 0 Å². The summed E-state index contributed by atoms with van der Waals surface area (Å²) in [7, 11) is -0.830. The molecule has 1 amide bonds. The third-order valence-electron chi connectivity index (χ3n) is 5.92. The van der Waals surface area contributed by atoms with E-state index in [1.54, 1.807) is 30.5 Å². The Morgan fingerprint density at radius 1 is 1.00 bits per heavy atom. The van der Waals surface area contributed by atoms with Crippen LogP contribution in [-0.4, -0.2) is 57.4 Å². The van der Waals surface area contributed by atoms with Gasteiger partial charge in [-0.2, -0.15) is 4.31 Å². The average molecular weight is 549 g/mol. The van der Waals surface area contributed by atoms with Crippen molar-refractivity contribution >= 4 is 27.3 Å². The Kier molecular flexibility index (Phi) is 10.5. The van der Waals surface area contributed by atoms with Crippen molar-refractivity contribution in [2.75, 3.05) is 33.9 Å². The van der Waals surface area contributed by atoms with Crippen molar-refractivity contribution in [3.8, 4) is 11.5 Å². The predicted molar refractivity (Wildman–Crippen MR) is 143 cm³/mol. The van der Waals surface area contributed by atoms with E-state index in [1.807, 2.05) is 42.6 Å². The van der Waals surface area contributed by atoms with Gasteiger partial charge in [0, 0.05) is 18.0 Å². The molecule has 37 heavy (non-hydrogen) atoms. The number of ether oxygens (including phenoxy) is 2. The zero-order valence-corrected chi connectivity index (χ0v) is 23.0. The third-order valence-corrected chi connectivity index (χ3v) is 8.64. The summed E-state index contributed by atoms with van der Waals surface area (Å²) in [5.74, 6) is 0.408. The van der Waals surface area contributed by atoms with Crippen LogP contribution in [0.2, 0.25) is 0 Å². The van der Waals surface area contributed by atoms with Crippen molar-refractivity contribution < 1.29 is 27.1 Å². The van der Waals surface area contributed by atoms with Gasteiger partial charge in [-0.05, 0) is 66.2 Å². The van der Waals surface area contributed by atoms with Crippen LogP contribution < -0.4 is 9.47 Å². The summed E-state index contributed by atoms with van der Waals surface area (Å²) in [5, 5.41) is 1.94. The van der Waals surface area contributed by atoms with E-state index < -0.39 is 15.8 Å². The Hall–Kier alpha value is -2.95. The molecular weight excluding hydrogens is 515 g/mol. The van der Waals surface area contributed by atoms with Crippen LogP contribution in [0.3, 0.4) is 0 Å². The maximum Gasteiger partial charge on any atom is 0.243 e. The normalized spacial score (nSPS) is 11.5. The van der Waals surface area contributed by atoms with Crippen molar-refractivity contribution in [2.24, 2.45) is 0 Å². The number of hydrogen-bond donors (Lipinski definition) is 0. The van der Waals surface area contributed by atoms with Crippen molar-refractivity contribution in [1.82, 2.24) is 9.21 Å². The highest BCUT2D eigenvalue weighted by Gasteiger charge is 2.28. The number of halogens is 1. The largest absolute Gasteiger partial charge is 0.493 e. The Balaban J connectivity index is 1.81. The monoisotopic (exact) mass is 548 g/mol. The number of rotatable bonds is 14. The van der Waals surface area contributed by atoms with Crippen LogP contribution in [-0.2, 0) is 27.8 Å². The number of benzene rings is 2. The summed E-state index contributed by atoms with van der Waals surface area (Å²) in [5.41, 5.74) is 0.961. The van der Waals surface area contributed by atoms with Crippen molar-refractivity contribution in [3.63, 3.8) is 0 Å². The molecule has 0 saturated carbocycles. The summed E-state index contributed by atoms with van der Waals surface area (Å²) >= 11 is 1.54. The maximum atomic E-state index is 13.5. The van der Waals surface area contributed by atoms with Crippen molar-refractivity contribution in [3.05, 3.63) is 76.2 Å². The number of thiophene rings is 1. The van der Waals surface area contributed by atoms with E-state index in [-0.39, 0.29) is 23.9 Å². The van der Waals surface area contributed by atoms with E-state index in [4.69, 9.17) is 9.47 Å². The van der Waals surface area contributed by atoms with Gasteiger partial charge in [-0.1, -0.05) is 25.5 Å². The van der Waals surface area contributed by atoms with E-state index in [0.717, 1.165) is 29.0 Å². The van der Waals surface area contributed by atoms with Crippen LogP contribution in [0.1, 0.15) is 30.2 Å². The van der Waals surface area contributed by atoms with Gasteiger partial charge in [0.15, 0.2) is 11.5 Å². The summed E-state index contributed by atoms with van der Waals surface area (Å²) in [6.07, 6.45) is 1.92. The highest BCUT2D eigenvalue weighted by molar-refractivity contribution is 7.89. The molecule has 1 heterocycles. The number of unbranched alkanes of at least 4 members (excludes halogenated alkanes) is 1. The predicted octanol–water partition coefficient (Wildman–Crippen LogP) is 4.97. The molecule has 0 aliphatic carbocycles. The second-order valence-corrected chi connectivity index (χ2v) is 11.5. The van der Waals surface area contributed by atoms with Gasteiger partial charge in [0.05, 0.1) is 32.2 Å². The molecule has 0 bridgehead atoms. The molecule has 2 aromatic carbocycles. The fourth-order valence-corrected chi connectivity index (χ4v) is 5.96. The standard InChI is InChI=1S/C27H33FN2O5S2/c1-4-5-15-30(37(32,33)24-11-9-22(28)10-12-24)20-27(31)29(19-23-7-6-17-36-23)16-14-21-8-13-25(34-2)26(18-21)35-3/h6-13,17-18H,4-5,14-16,19-20H2,1-3H3. The molecule has 200 valence electrons. The first-order valence-corrected chi connectivity index (χ1v) is 14.4. The Morgan fingerprint density at radius 2 is 1.73 bits per heavy atom. The van der Waals surface area contributed by atoms with Crippen LogP contribution in [0.5, 0.6) is 11.5 Å². The number of amides is 1. The maximum absolute atomic E-state index is 13.5. The van der Waals surface area contributed by atoms with Crippen molar-refractivity contribution in [1.29, 1.82) is 0 Å². The first-order chi connectivity index (χ1) is 17.8. The second-order valence-electron chi connectivity index (χ2n) is 8.48. The number of carbonyl (C=O) groups excluding carboxylic acids is 1. The minimum Gasteiger partial charge on any atom is -0.493 e. The lowest BCUT2D eigenvalue weighted by Gasteiger charge is -2.27. The first kappa shape index (κ1) is 28.6. The number of nitrogens with zero attached hydrogens (tertiary/aromatic N) is 2. The summed E-state index contributed by atoms with van der Waals surface area (Å²) in [6, 6.07) is 14.2. The number of carbonyl (C=O) groups is 1. The molecule has 7 nitrogen and oxygen atoms in total. The minimum absolute atomic E-state index is 0.0343. The Labute approximate surface area is 222 Å². The second kappa shape index (κ2) is 13.6. The van der Waals surface area contributed by atoms with Gasteiger partial charge in [0.2, 0.25) is 15.9 Å². The number of methoxy groups -OCH3 is 2. The molecular formula is C27H33FN2O5S2. The van der Waals surface area contributed by atoms with Gasteiger partial charge in [-0.25, -0.2) is 12.8 Å². The van der Waals surface area contributed by atoms with E-state index in [9.17, 15) is 17.6 Å². The van der Waals surface area contributed by atoms with E-state index >= 15 is 0 Å². The molecule has 0 unspecified atom stereocenters. The van der Waals surface area contributed by atoms with Gasteiger partial charge in [0.25, 0.3) is 0 Å². The van der Waals surface area contributed by atoms with Gasteiger partial charge < -0.3 is 14.4 Å². The fourth-order valence-electron chi connectivity index (χ4n) is 3.81. The third kappa shape index (κ3) is 7.77. The average Bonchev–Trinajstić information content (AvgIpc) is 3.42. The highest BCUT2D eigenvalue weighted by Crippen LogP contribution is 2.28. The van der Waals surface area contributed by atoms with Gasteiger partial charge in [0.1, 0.15) is 5.82 Å². The van der Waals surface area contributed by atoms with Gasteiger partial charge >= 0.3 is 0 Å². The SMILES string of the molecule is CCCCN(CC(=O)N(CCc1ccc(OC)c(OC)c1)Cc1cccs1)S(=O)(=O)c1ccc(F)cc1. The highest BCUT2D eigenvalue weighted by atomic mass is 32.2. The first-order valence-electron chi connectivity index (χ1n) is 12.0. The summed E-state index contributed by atoms with van der Waals surface area (Å²) in [4.78, 5) is 16.2. The molecule has 0 saturated heterocycles. The van der Waals surface area contributed by atoms with Crippen LogP contribution in [0.15, 0.2) is 64.9 Å². The Morgan fingerprint density at radius 3 is 2.35 bits per heavy atom. The lowest BCUT2D eigenvalue weighted by Crippen LogP contribution is -2.43. The van der Waals surface area contributed by atoms with Crippen molar-refractivity contribution in [2.45, 2.75) is 37.6 Å². The molecule has 3 aromatic rings. The van der Waals surface area contributed by atoms with Crippen LogP contribution in [0, 0.1) is 5.82 Å². The molecule has 0 fully saturated rings. The van der Waals surface area contributed by atoms with Crippen LogP contribution in [0.4, 0.5) is 4.39 Å². The molecule has 1 aromatic heterocycles. The summed E-state index contributed by atoms with van der Waals surface area (Å²) in [6.45, 7) is 2.63. The molecule has 0 spiro atoms. The smallest absolute Gasteiger partial charge is 0.243 e. The molecule has 3 rings (SSSR count). The zero-order valence-electron chi connectivity index (χ0n) is 21.4. The Bertz CT molecular complexity index is 1250. The molecule has 0 atom stereocenters. The molecule has 0 aliphatic heterocycles. The molecule has 0 N–H and O–H groups in total. The van der Waals surface area contributed by atoms with Gasteiger partial charge in [-0.15, -0.1) is 11.3 Å². The van der Waals surface area contributed by atoms with Crippen LogP contribution in [0.25, 0.3) is 0 Å². The van der Waals surface area contributed by atoms with Gasteiger partial charge in [-0.3, -0.25) is 4.79 Å². The minimum atomic E-state index is -3.97. The van der Waals surface area contributed by atoms with E-state index in [1.165, 1.54) is 16.4 Å². The number of hydrogen-bond acceptors (Lipinski definition) is 6. The lowest BCUT2D eigenvalue weighted by molar-refractivity contribution is -0.132. The molecule has 0 radical (unpaired) electrons. The zero-order chi connectivity index (χ0) is 26.8. The van der Waals surface area contributed by atoms with E-state index in [0.29, 0.717) is 37.4 Å². The lowest BCUT2D eigenvalue weighted by atomic mass is 10.1. The fraction of sp³-hybridized carbons (Fsp3) is 0.370. The number of sulfonamides is 1. The topological polar surface area (TPSA) is 76.2 Å². The quantitative estimate of drug-likeness (QED) is 0.284. The summed E-state index contributed by atoms with van der Waals surface area (Å²) < 4.78 is 52.0.